The second kappa shape index (κ2) is 5.86. The number of carbonyl (C=O) groups is 1. The number of carbonyl (C=O) groups excluding carboxylic acids is 1. The molecular formula is C13H21N5O. The van der Waals surface area contributed by atoms with Gasteiger partial charge in [-0.2, -0.15) is 0 Å². The van der Waals surface area contributed by atoms with E-state index in [0.29, 0.717) is 6.54 Å². The van der Waals surface area contributed by atoms with Crippen molar-refractivity contribution in [2.24, 2.45) is 11.7 Å². The highest BCUT2D eigenvalue weighted by atomic mass is 16.1. The van der Waals surface area contributed by atoms with Gasteiger partial charge in [0.25, 0.3) is 0 Å². The van der Waals surface area contributed by atoms with E-state index >= 15 is 0 Å². The predicted molar refractivity (Wildman–Crippen MR) is 75.1 cm³/mol. The third kappa shape index (κ3) is 2.94. The Hall–Kier alpha value is -1.85. The van der Waals surface area contributed by atoms with Crippen LogP contribution >= 0.6 is 0 Å². The lowest BCUT2D eigenvalue weighted by Crippen LogP contribution is -2.28. The van der Waals surface area contributed by atoms with E-state index in [1.54, 1.807) is 6.33 Å². The van der Waals surface area contributed by atoms with Gasteiger partial charge in [-0.1, -0.05) is 6.92 Å². The first kappa shape index (κ1) is 13.6. The van der Waals surface area contributed by atoms with Crippen LogP contribution in [0, 0.1) is 12.8 Å². The molecule has 19 heavy (non-hydrogen) atoms. The fourth-order valence-electron chi connectivity index (χ4n) is 2.37. The van der Waals surface area contributed by atoms with E-state index in [0.717, 1.165) is 43.1 Å². The van der Waals surface area contributed by atoms with Gasteiger partial charge in [0.1, 0.15) is 18.0 Å². The zero-order chi connectivity index (χ0) is 13.8. The number of primary amides is 1. The molecule has 0 radical (unpaired) electrons. The van der Waals surface area contributed by atoms with Crippen molar-refractivity contribution in [3.8, 4) is 0 Å². The average molecular weight is 263 g/mol. The van der Waals surface area contributed by atoms with Crippen LogP contribution < -0.4 is 16.0 Å². The molecule has 6 nitrogen and oxygen atoms in total. The van der Waals surface area contributed by atoms with Gasteiger partial charge in [0.15, 0.2) is 0 Å². The summed E-state index contributed by atoms with van der Waals surface area (Å²) in [5.41, 5.74) is 6.39. The van der Waals surface area contributed by atoms with Crippen molar-refractivity contribution in [3.63, 3.8) is 0 Å². The molecule has 1 aromatic heterocycles. The van der Waals surface area contributed by atoms with Crippen molar-refractivity contribution in [1.29, 1.82) is 0 Å². The Kier molecular flexibility index (Phi) is 4.19. The first-order valence-electron chi connectivity index (χ1n) is 6.73. The zero-order valence-electron chi connectivity index (χ0n) is 11.5. The number of aromatic nitrogens is 2. The molecule has 1 atom stereocenters. The summed E-state index contributed by atoms with van der Waals surface area (Å²) in [4.78, 5) is 21.9. The van der Waals surface area contributed by atoms with Crippen molar-refractivity contribution >= 4 is 17.5 Å². The monoisotopic (exact) mass is 263 g/mol. The van der Waals surface area contributed by atoms with Crippen LogP contribution in [0.15, 0.2) is 6.33 Å². The maximum absolute atomic E-state index is 11.2. The smallest absolute Gasteiger partial charge is 0.222 e. The van der Waals surface area contributed by atoms with Gasteiger partial charge in [-0.15, -0.1) is 0 Å². The number of hydrogen-bond donors (Lipinski definition) is 2. The van der Waals surface area contributed by atoms with E-state index in [-0.39, 0.29) is 11.8 Å². The molecule has 0 saturated carbocycles. The molecule has 2 rings (SSSR count). The molecule has 2 heterocycles. The number of nitrogens with one attached hydrogen (secondary N) is 1. The van der Waals surface area contributed by atoms with E-state index in [1.807, 2.05) is 6.92 Å². The molecule has 1 aliphatic heterocycles. The Morgan fingerprint density at radius 3 is 3.00 bits per heavy atom. The largest absolute Gasteiger partial charge is 0.370 e. The van der Waals surface area contributed by atoms with Gasteiger partial charge < -0.3 is 16.0 Å². The molecule has 1 saturated heterocycles. The van der Waals surface area contributed by atoms with Crippen LogP contribution in [0.2, 0.25) is 0 Å². The minimum absolute atomic E-state index is 0.0681. The molecule has 0 bridgehead atoms. The first-order valence-corrected chi connectivity index (χ1v) is 6.73. The van der Waals surface area contributed by atoms with Gasteiger partial charge in [0.05, 0.1) is 5.92 Å². The number of nitrogens with two attached hydrogens (primary N) is 1. The van der Waals surface area contributed by atoms with Gasteiger partial charge in [-0.25, -0.2) is 9.97 Å². The molecule has 1 amide bonds. The molecule has 1 fully saturated rings. The van der Waals surface area contributed by atoms with Crippen LogP contribution in [0.4, 0.5) is 11.6 Å². The average Bonchev–Trinajstić information content (AvgIpc) is 2.87. The normalized spacial score (nSPS) is 18.6. The quantitative estimate of drug-likeness (QED) is 0.825. The van der Waals surface area contributed by atoms with Crippen LogP contribution in [0.5, 0.6) is 0 Å². The highest BCUT2D eigenvalue weighted by Crippen LogP contribution is 2.27. The molecular weight excluding hydrogens is 242 g/mol. The summed E-state index contributed by atoms with van der Waals surface area (Å²) in [5.74, 6) is 1.48. The van der Waals surface area contributed by atoms with E-state index in [4.69, 9.17) is 5.73 Å². The van der Waals surface area contributed by atoms with E-state index in [1.165, 1.54) is 0 Å². The standard InChI is InChI=1S/C13H21N5O/c1-3-5-15-12-9(2)13(17-8-16-12)18-6-4-10(7-18)11(14)19/h8,10H,3-7H2,1-2H3,(H2,14,19)(H,15,16,17). The fourth-order valence-corrected chi connectivity index (χ4v) is 2.37. The lowest BCUT2D eigenvalue weighted by Gasteiger charge is -2.20. The number of hydrogen-bond acceptors (Lipinski definition) is 5. The van der Waals surface area contributed by atoms with Crippen molar-refractivity contribution in [2.75, 3.05) is 29.9 Å². The Labute approximate surface area is 113 Å². The van der Waals surface area contributed by atoms with Gasteiger partial charge in [-0.3, -0.25) is 4.79 Å². The lowest BCUT2D eigenvalue weighted by atomic mass is 10.1. The van der Waals surface area contributed by atoms with Gasteiger partial charge >= 0.3 is 0 Å². The molecule has 6 heteroatoms. The predicted octanol–water partition coefficient (Wildman–Crippen LogP) is 0.919. The molecule has 3 N–H and O–H groups in total. The van der Waals surface area contributed by atoms with Gasteiger partial charge in [0, 0.05) is 25.2 Å². The van der Waals surface area contributed by atoms with Gasteiger partial charge in [0.2, 0.25) is 5.91 Å². The minimum atomic E-state index is -0.224. The lowest BCUT2D eigenvalue weighted by molar-refractivity contribution is -0.121. The molecule has 0 aromatic carbocycles. The number of anilines is 2. The summed E-state index contributed by atoms with van der Waals surface area (Å²) in [6.45, 7) is 6.48. The maximum Gasteiger partial charge on any atom is 0.222 e. The number of amides is 1. The maximum atomic E-state index is 11.2. The highest BCUT2D eigenvalue weighted by molar-refractivity contribution is 5.78. The summed E-state index contributed by atoms with van der Waals surface area (Å²) < 4.78 is 0. The number of rotatable bonds is 5. The van der Waals surface area contributed by atoms with E-state index in [2.05, 4.69) is 27.1 Å². The van der Waals surface area contributed by atoms with Crippen molar-refractivity contribution < 1.29 is 4.79 Å². The minimum Gasteiger partial charge on any atom is -0.370 e. The molecule has 104 valence electrons. The Balaban J connectivity index is 2.14. The second-order valence-corrected chi connectivity index (χ2v) is 4.93. The summed E-state index contributed by atoms with van der Waals surface area (Å²) >= 11 is 0. The van der Waals surface area contributed by atoms with E-state index < -0.39 is 0 Å². The Bertz CT molecular complexity index is 462. The van der Waals surface area contributed by atoms with Crippen LogP contribution in [-0.2, 0) is 4.79 Å². The fraction of sp³-hybridized carbons (Fsp3) is 0.615. The summed E-state index contributed by atoms with van der Waals surface area (Å²) in [7, 11) is 0. The summed E-state index contributed by atoms with van der Waals surface area (Å²) in [6, 6.07) is 0. The van der Waals surface area contributed by atoms with Crippen LogP contribution in [0.1, 0.15) is 25.3 Å². The summed E-state index contributed by atoms with van der Waals surface area (Å²) in [5, 5.41) is 3.29. The Morgan fingerprint density at radius 1 is 1.58 bits per heavy atom. The van der Waals surface area contributed by atoms with Crippen LogP contribution in [-0.4, -0.2) is 35.5 Å². The summed E-state index contributed by atoms with van der Waals surface area (Å²) in [6.07, 6.45) is 3.42. The highest BCUT2D eigenvalue weighted by Gasteiger charge is 2.28. The van der Waals surface area contributed by atoms with E-state index in [9.17, 15) is 4.79 Å². The third-order valence-corrected chi connectivity index (χ3v) is 3.49. The number of nitrogens with zero attached hydrogens (tertiary/aromatic N) is 3. The second-order valence-electron chi connectivity index (χ2n) is 4.93. The molecule has 1 unspecified atom stereocenters. The zero-order valence-corrected chi connectivity index (χ0v) is 11.5. The molecule has 1 aliphatic rings. The van der Waals surface area contributed by atoms with Gasteiger partial charge in [-0.05, 0) is 19.8 Å². The third-order valence-electron chi connectivity index (χ3n) is 3.49. The van der Waals surface area contributed by atoms with Crippen molar-refractivity contribution in [1.82, 2.24) is 9.97 Å². The Morgan fingerprint density at radius 2 is 2.37 bits per heavy atom. The SMILES string of the molecule is CCCNc1ncnc(N2CCC(C(N)=O)C2)c1C. The molecule has 0 aliphatic carbocycles. The molecule has 1 aromatic rings. The first-order chi connectivity index (χ1) is 9.13. The topological polar surface area (TPSA) is 84.1 Å². The van der Waals surface area contributed by atoms with Crippen molar-refractivity contribution in [3.05, 3.63) is 11.9 Å². The van der Waals surface area contributed by atoms with Crippen molar-refractivity contribution in [2.45, 2.75) is 26.7 Å². The molecule has 0 spiro atoms. The van der Waals surface area contributed by atoms with Crippen LogP contribution in [0.25, 0.3) is 0 Å². The van der Waals surface area contributed by atoms with Crippen LogP contribution in [0.3, 0.4) is 0 Å².